The Bertz CT molecular complexity index is 860. The SMILES string of the molecule is CCC(CNC(=O)CCc1ncc(-c2ccc(Cl)cc2)o1)c1ccccc1. The first kappa shape index (κ1) is 19.2. The molecule has 2 aromatic carbocycles. The molecule has 1 unspecified atom stereocenters. The van der Waals surface area contributed by atoms with Crippen molar-refractivity contribution < 1.29 is 9.21 Å². The molecule has 1 heterocycles. The number of hydrogen-bond donors (Lipinski definition) is 1. The van der Waals surface area contributed by atoms with Crippen LogP contribution in [0.15, 0.2) is 65.2 Å². The Labute approximate surface area is 164 Å². The largest absolute Gasteiger partial charge is 0.441 e. The second kappa shape index (κ2) is 9.38. The van der Waals surface area contributed by atoms with E-state index < -0.39 is 0 Å². The number of hydrogen-bond acceptors (Lipinski definition) is 3. The molecule has 0 spiro atoms. The fraction of sp³-hybridized carbons (Fsp3) is 0.273. The molecular weight excluding hydrogens is 360 g/mol. The van der Waals surface area contributed by atoms with Gasteiger partial charge in [0.15, 0.2) is 11.7 Å². The van der Waals surface area contributed by atoms with Crippen molar-refractivity contribution in [3.63, 3.8) is 0 Å². The van der Waals surface area contributed by atoms with Crippen LogP contribution in [0, 0.1) is 0 Å². The van der Waals surface area contributed by atoms with E-state index in [-0.39, 0.29) is 5.91 Å². The summed E-state index contributed by atoms with van der Waals surface area (Å²) in [5.74, 6) is 1.58. The molecule has 4 nitrogen and oxygen atoms in total. The van der Waals surface area contributed by atoms with E-state index in [2.05, 4.69) is 29.4 Å². The van der Waals surface area contributed by atoms with Gasteiger partial charge in [0.2, 0.25) is 5.91 Å². The molecule has 1 atom stereocenters. The predicted molar refractivity (Wildman–Crippen MR) is 108 cm³/mol. The van der Waals surface area contributed by atoms with Crippen molar-refractivity contribution in [1.82, 2.24) is 10.3 Å². The number of oxazole rings is 1. The van der Waals surface area contributed by atoms with Crippen LogP contribution in [0.2, 0.25) is 5.02 Å². The molecule has 3 rings (SSSR count). The molecule has 0 aliphatic heterocycles. The summed E-state index contributed by atoms with van der Waals surface area (Å²) in [6.07, 6.45) is 3.49. The molecule has 0 fully saturated rings. The van der Waals surface area contributed by atoms with E-state index in [4.69, 9.17) is 16.0 Å². The molecule has 1 amide bonds. The summed E-state index contributed by atoms with van der Waals surface area (Å²) in [5, 5.41) is 3.70. The molecule has 1 N–H and O–H groups in total. The van der Waals surface area contributed by atoms with Crippen LogP contribution < -0.4 is 5.32 Å². The third kappa shape index (κ3) is 5.44. The van der Waals surface area contributed by atoms with Crippen LogP contribution in [0.4, 0.5) is 0 Å². The molecule has 27 heavy (non-hydrogen) atoms. The quantitative estimate of drug-likeness (QED) is 0.579. The lowest BCUT2D eigenvalue weighted by atomic mass is 9.96. The second-order valence-corrected chi connectivity index (χ2v) is 6.88. The van der Waals surface area contributed by atoms with Gasteiger partial charge in [0.25, 0.3) is 0 Å². The number of halogens is 1. The first-order valence-corrected chi connectivity index (χ1v) is 9.55. The zero-order chi connectivity index (χ0) is 19.1. The molecule has 0 radical (unpaired) electrons. The van der Waals surface area contributed by atoms with Gasteiger partial charge in [-0.05, 0) is 36.2 Å². The zero-order valence-electron chi connectivity index (χ0n) is 15.3. The van der Waals surface area contributed by atoms with Gasteiger partial charge in [-0.3, -0.25) is 4.79 Å². The maximum Gasteiger partial charge on any atom is 0.220 e. The summed E-state index contributed by atoms with van der Waals surface area (Å²) < 4.78 is 5.74. The van der Waals surface area contributed by atoms with Gasteiger partial charge in [-0.15, -0.1) is 0 Å². The van der Waals surface area contributed by atoms with Crippen LogP contribution in [0.1, 0.15) is 37.1 Å². The Morgan fingerprint density at radius 3 is 2.59 bits per heavy atom. The second-order valence-electron chi connectivity index (χ2n) is 6.45. The maximum absolute atomic E-state index is 12.2. The average molecular weight is 383 g/mol. The lowest BCUT2D eigenvalue weighted by molar-refractivity contribution is -0.121. The van der Waals surface area contributed by atoms with Gasteiger partial charge in [-0.2, -0.15) is 0 Å². The number of aryl methyl sites for hydroxylation is 1. The number of carbonyl (C=O) groups excluding carboxylic acids is 1. The highest BCUT2D eigenvalue weighted by atomic mass is 35.5. The Morgan fingerprint density at radius 1 is 1.15 bits per heavy atom. The zero-order valence-corrected chi connectivity index (χ0v) is 16.1. The van der Waals surface area contributed by atoms with E-state index in [1.165, 1.54) is 5.56 Å². The molecule has 3 aromatic rings. The van der Waals surface area contributed by atoms with Crippen LogP contribution in [-0.2, 0) is 11.2 Å². The van der Waals surface area contributed by atoms with E-state index in [0.717, 1.165) is 12.0 Å². The smallest absolute Gasteiger partial charge is 0.220 e. The molecule has 140 valence electrons. The average Bonchev–Trinajstić information content (AvgIpc) is 3.17. The van der Waals surface area contributed by atoms with Crippen LogP contribution in [0.3, 0.4) is 0 Å². The lowest BCUT2D eigenvalue weighted by Gasteiger charge is -2.16. The Kier molecular flexibility index (Phi) is 6.66. The molecule has 0 saturated heterocycles. The van der Waals surface area contributed by atoms with E-state index in [0.29, 0.717) is 42.0 Å². The highest BCUT2D eigenvalue weighted by Crippen LogP contribution is 2.23. The molecule has 5 heteroatoms. The minimum absolute atomic E-state index is 0.00984. The van der Waals surface area contributed by atoms with Gasteiger partial charge in [-0.1, -0.05) is 48.9 Å². The molecule has 0 bridgehead atoms. The van der Waals surface area contributed by atoms with Gasteiger partial charge >= 0.3 is 0 Å². The van der Waals surface area contributed by atoms with E-state index in [9.17, 15) is 4.79 Å². The predicted octanol–water partition coefficient (Wildman–Crippen LogP) is 5.24. The van der Waals surface area contributed by atoms with Crippen molar-refractivity contribution in [1.29, 1.82) is 0 Å². The Balaban J connectivity index is 1.48. The summed E-state index contributed by atoms with van der Waals surface area (Å²) in [5.41, 5.74) is 2.16. The molecule has 0 saturated carbocycles. The molecule has 0 aliphatic rings. The van der Waals surface area contributed by atoms with Crippen molar-refractivity contribution in [2.24, 2.45) is 0 Å². The van der Waals surface area contributed by atoms with Crippen molar-refractivity contribution in [2.75, 3.05) is 6.54 Å². The van der Waals surface area contributed by atoms with Gasteiger partial charge in [-0.25, -0.2) is 4.98 Å². The fourth-order valence-electron chi connectivity index (χ4n) is 2.94. The molecule has 1 aromatic heterocycles. The Morgan fingerprint density at radius 2 is 1.89 bits per heavy atom. The van der Waals surface area contributed by atoms with Gasteiger partial charge in [0.05, 0.1) is 6.20 Å². The number of aromatic nitrogens is 1. The summed E-state index contributed by atoms with van der Waals surface area (Å²) in [6.45, 7) is 2.77. The standard InChI is InChI=1S/C22H23ClN2O2/c1-2-16(17-6-4-3-5-7-17)14-24-21(26)12-13-22-25-15-20(27-22)18-8-10-19(23)11-9-18/h3-11,15-16H,2,12-14H2,1H3,(H,24,26). The third-order valence-electron chi connectivity index (χ3n) is 4.56. The number of nitrogens with zero attached hydrogens (tertiary/aromatic N) is 1. The van der Waals surface area contributed by atoms with Crippen LogP contribution in [0.25, 0.3) is 11.3 Å². The van der Waals surface area contributed by atoms with E-state index in [1.54, 1.807) is 6.20 Å². The molecule has 0 aliphatic carbocycles. The van der Waals surface area contributed by atoms with Gasteiger partial charge < -0.3 is 9.73 Å². The third-order valence-corrected chi connectivity index (χ3v) is 4.81. The van der Waals surface area contributed by atoms with Crippen molar-refractivity contribution in [2.45, 2.75) is 32.1 Å². The monoisotopic (exact) mass is 382 g/mol. The topological polar surface area (TPSA) is 55.1 Å². The number of nitrogens with one attached hydrogen (secondary N) is 1. The number of rotatable bonds is 8. The van der Waals surface area contributed by atoms with Crippen LogP contribution in [-0.4, -0.2) is 17.4 Å². The van der Waals surface area contributed by atoms with Gasteiger partial charge in [0.1, 0.15) is 0 Å². The van der Waals surface area contributed by atoms with Crippen molar-refractivity contribution >= 4 is 17.5 Å². The van der Waals surface area contributed by atoms with E-state index in [1.807, 2.05) is 42.5 Å². The fourth-order valence-corrected chi connectivity index (χ4v) is 3.07. The van der Waals surface area contributed by atoms with Crippen molar-refractivity contribution in [3.05, 3.63) is 77.3 Å². The normalized spacial score (nSPS) is 11.9. The minimum Gasteiger partial charge on any atom is -0.441 e. The highest BCUT2D eigenvalue weighted by molar-refractivity contribution is 6.30. The summed E-state index contributed by atoms with van der Waals surface area (Å²) in [6, 6.07) is 17.6. The minimum atomic E-state index is 0.00984. The Hall–Kier alpha value is -2.59. The summed E-state index contributed by atoms with van der Waals surface area (Å²) in [4.78, 5) is 16.5. The first-order chi connectivity index (χ1) is 13.2. The summed E-state index contributed by atoms with van der Waals surface area (Å²) in [7, 11) is 0. The van der Waals surface area contributed by atoms with Crippen LogP contribution >= 0.6 is 11.6 Å². The molecular formula is C22H23ClN2O2. The first-order valence-electron chi connectivity index (χ1n) is 9.18. The maximum atomic E-state index is 12.2. The number of amides is 1. The van der Waals surface area contributed by atoms with Crippen molar-refractivity contribution in [3.8, 4) is 11.3 Å². The highest BCUT2D eigenvalue weighted by Gasteiger charge is 2.12. The van der Waals surface area contributed by atoms with Crippen LogP contribution in [0.5, 0.6) is 0 Å². The van der Waals surface area contributed by atoms with E-state index >= 15 is 0 Å². The van der Waals surface area contributed by atoms with Gasteiger partial charge in [0, 0.05) is 35.9 Å². The summed E-state index contributed by atoms with van der Waals surface area (Å²) >= 11 is 5.90. The number of carbonyl (C=O) groups is 1. The number of benzene rings is 2. The lowest BCUT2D eigenvalue weighted by Crippen LogP contribution is -2.28.